The lowest BCUT2D eigenvalue weighted by Crippen LogP contribution is -2.24. The van der Waals surface area contributed by atoms with Gasteiger partial charge >= 0.3 is 0 Å². The van der Waals surface area contributed by atoms with Crippen LogP contribution in [0.25, 0.3) is 0 Å². The molecule has 0 spiro atoms. The molecule has 0 aromatic heterocycles. The number of benzene rings is 1. The molecule has 0 saturated heterocycles. The van der Waals surface area contributed by atoms with Crippen LogP contribution in [0.4, 0.5) is 0 Å². The Morgan fingerprint density at radius 1 is 1.56 bits per heavy atom. The van der Waals surface area contributed by atoms with Gasteiger partial charge in [-0.05, 0) is 31.0 Å². The van der Waals surface area contributed by atoms with E-state index >= 15 is 0 Å². The number of carbonyl (C=O) groups excluding carboxylic acids is 1. The summed E-state index contributed by atoms with van der Waals surface area (Å²) in [6.07, 6.45) is 1.10. The van der Waals surface area contributed by atoms with Crippen LogP contribution >= 0.6 is 11.6 Å². The van der Waals surface area contributed by atoms with Gasteiger partial charge in [0.2, 0.25) is 0 Å². The molecule has 16 heavy (non-hydrogen) atoms. The van der Waals surface area contributed by atoms with Crippen molar-refractivity contribution in [2.24, 2.45) is 0 Å². The van der Waals surface area contributed by atoms with Crippen molar-refractivity contribution < 1.29 is 4.79 Å². The van der Waals surface area contributed by atoms with E-state index < -0.39 is 0 Å². The SMILES string of the molecule is Cc1ccc(C(=O)NCCCC#N)c(Cl)c1. The van der Waals surface area contributed by atoms with Crippen molar-refractivity contribution in [3.8, 4) is 6.07 Å². The average molecular weight is 237 g/mol. The number of unbranched alkanes of at least 4 members (excludes halogenated alkanes) is 1. The number of carbonyl (C=O) groups is 1. The molecule has 0 bridgehead atoms. The number of halogens is 1. The van der Waals surface area contributed by atoms with E-state index in [4.69, 9.17) is 16.9 Å². The third-order valence-corrected chi connectivity index (χ3v) is 2.43. The van der Waals surface area contributed by atoms with Crippen LogP contribution in [-0.4, -0.2) is 12.5 Å². The predicted octanol–water partition coefficient (Wildman–Crippen LogP) is 2.68. The van der Waals surface area contributed by atoms with Crippen LogP contribution < -0.4 is 5.32 Å². The van der Waals surface area contributed by atoms with Crippen LogP contribution in [0, 0.1) is 18.3 Å². The minimum absolute atomic E-state index is 0.192. The van der Waals surface area contributed by atoms with Crippen LogP contribution in [0.1, 0.15) is 28.8 Å². The number of nitrogens with zero attached hydrogens (tertiary/aromatic N) is 1. The fourth-order valence-corrected chi connectivity index (χ4v) is 1.59. The number of hydrogen-bond acceptors (Lipinski definition) is 2. The van der Waals surface area contributed by atoms with Gasteiger partial charge in [-0.15, -0.1) is 0 Å². The largest absolute Gasteiger partial charge is 0.352 e. The Morgan fingerprint density at radius 3 is 2.94 bits per heavy atom. The predicted molar refractivity (Wildman–Crippen MR) is 63.4 cm³/mol. The molecule has 1 N–H and O–H groups in total. The molecule has 0 saturated carbocycles. The molecule has 0 atom stereocenters. The summed E-state index contributed by atoms with van der Waals surface area (Å²) >= 11 is 5.95. The first-order valence-electron chi connectivity index (χ1n) is 5.06. The lowest BCUT2D eigenvalue weighted by molar-refractivity contribution is 0.0953. The van der Waals surface area contributed by atoms with E-state index in [1.54, 1.807) is 12.1 Å². The first kappa shape index (κ1) is 12.5. The summed E-state index contributed by atoms with van der Waals surface area (Å²) in [5, 5.41) is 11.5. The number of amides is 1. The van der Waals surface area contributed by atoms with Crippen molar-refractivity contribution >= 4 is 17.5 Å². The summed E-state index contributed by atoms with van der Waals surface area (Å²) in [6, 6.07) is 7.33. The summed E-state index contributed by atoms with van der Waals surface area (Å²) in [6.45, 7) is 2.41. The van der Waals surface area contributed by atoms with Gasteiger partial charge in [-0.3, -0.25) is 4.79 Å². The van der Waals surface area contributed by atoms with Gasteiger partial charge in [0, 0.05) is 13.0 Å². The third-order valence-electron chi connectivity index (χ3n) is 2.12. The average Bonchev–Trinajstić information content (AvgIpc) is 2.24. The Labute approximate surface area is 100 Å². The van der Waals surface area contributed by atoms with Gasteiger partial charge in [0.15, 0.2) is 0 Å². The number of nitriles is 1. The summed E-state index contributed by atoms with van der Waals surface area (Å²) in [7, 11) is 0. The normalized spacial score (nSPS) is 9.56. The minimum atomic E-state index is -0.192. The second-order valence-corrected chi connectivity index (χ2v) is 3.91. The second-order valence-electron chi connectivity index (χ2n) is 3.50. The Hall–Kier alpha value is -1.53. The molecule has 0 aliphatic heterocycles. The number of nitrogens with one attached hydrogen (secondary N) is 1. The highest BCUT2D eigenvalue weighted by Gasteiger charge is 2.08. The molecule has 0 unspecified atom stereocenters. The van der Waals surface area contributed by atoms with Crippen molar-refractivity contribution in [2.75, 3.05) is 6.54 Å². The molecule has 0 radical (unpaired) electrons. The van der Waals surface area contributed by atoms with E-state index in [0.29, 0.717) is 30.0 Å². The van der Waals surface area contributed by atoms with Crippen LogP contribution in [0.5, 0.6) is 0 Å². The summed E-state index contributed by atoms with van der Waals surface area (Å²) in [5.74, 6) is -0.192. The second kappa shape index (κ2) is 6.14. The lowest BCUT2D eigenvalue weighted by atomic mass is 10.1. The Morgan fingerprint density at radius 2 is 2.31 bits per heavy atom. The molecule has 1 rings (SSSR count). The molecule has 4 heteroatoms. The van der Waals surface area contributed by atoms with Crippen molar-refractivity contribution in [1.82, 2.24) is 5.32 Å². The fourth-order valence-electron chi connectivity index (χ4n) is 1.27. The third kappa shape index (κ3) is 3.56. The maximum Gasteiger partial charge on any atom is 0.252 e. The maximum absolute atomic E-state index is 11.7. The van der Waals surface area contributed by atoms with Crippen molar-refractivity contribution in [2.45, 2.75) is 19.8 Å². The maximum atomic E-state index is 11.7. The molecule has 1 aromatic carbocycles. The highest BCUT2D eigenvalue weighted by atomic mass is 35.5. The van der Waals surface area contributed by atoms with Crippen LogP contribution in [-0.2, 0) is 0 Å². The topological polar surface area (TPSA) is 52.9 Å². The molecule has 0 fully saturated rings. The zero-order valence-corrected chi connectivity index (χ0v) is 9.84. The quantitative estimate of drug-likeness (QED) is 0.818. The smallest absolute Gasteiger partial charge is 0.252 e. The van der Waals surface area contributed by atoms with Crippen LogP contribution in [0.2, 0.25) is 5.02 Å². The Balaban J connectivity index is 2.57. The van der Waals surface area contributed by atoms with Gasteiger partial charge in [0.25, 0.3) is 5.91 Å². The molecule has 1 amide bonds. The van der Waals surface area contributed by atoms with Crippen molar-refractivity contribution in [1.29, 1.82) is 5.26 Å². The van der Waals surface area contributed by atoms with E-state index in [2.05, 4.69) is 5.32 Å². The zero-order valence-electron chi connectivity index (χ0n) is 9.09. The van der Waals surface area contributed by atoms with Crippen LogP contribution in [0.15, 0.2) is 18.2 Å². The van der Waals surface area contributed by atoms with Gasteiger partial charge in [-0.25, -0.2) is 0 Å². The minimum Gasteiger partial charge on any atom is -0.352 e. The lowest BCUT2D eigenvalue weighted by Gasteiger charge is -2.06. The van der Waals surface area contributed by atoms with E-state index in [0.717, 1.165) is 5.56 Å². The summed E-state index contributed by atoms with van der Waals surface area (Å²) < 4.78 is 0. The zero-order chi connectivity index (χ0) is 12.0. The Kier molecular flexibility index (Phi) is 4.81. The van der Waals surface area contributed by atoms with Gasteiger partial charge in [0.05, 0.1) is 16.7 Å². The molecular weight excluding hydrogens is 224 g/mol. The molecule has 1 aromatic rings. The molecule has 0 aliphatic rings. The van der Waals surface area contributed by atoms with Gasteiger partial charge in [-0.2, -0.15) is 5.26 Å². The van der Waals surface area contributed by atoms with E-state index in [1.807, 2.05) is 19.1 Å². The summed E-state index contributed by atoms with van der Waals surface area (Å²) in [4.78, 5) is 11.7. The molecule has 0 heterocycles. The number of rotatable bonds is 4. The highest BCUT2D eigenvalue weighted by Crippen LogP contribution is 2.17. The molecule has 84 valence electrons. The van der Waals surface area contributed by atoms with E-state index in [-0.39, 0.29) is 5.91 Å². The van der Waals surface area contributed by atoms with Gasteiger partial charge < -0.3 is 5.32 Å². The summed E-state index contributed by atoms with van der Waals surface area (Å²) in [5.41, 5.74) is 1.50. The van der Waals surface area contributed by atoms with Crippen molar-refractivity contribution in [3.63, 3.8) is 0 Å². The van der Waals surface area contributed by atoms with Crippen LogP contribution in [0.3, 0.4) is 0 Å². The fraction of sp³-hybridized carbons (Fsp3) is 0.333. The van der Waals surface area contributed by atoms with Gasteiger partial charge in [0.1, 0.15) is 0 Å². The standard InChI is InChI=1S/C12H13ClN2O/c1-9-4-5-10(11(13)8-9)12(16)15-7-3-2-6-14/h4-5,8H,2-3,7H2,1H3,(H,15,16). The van der Waals surface area contributed by atoms with Crippen molar-refractivity contribution in [3.05, 3.63) is 34.3 Å². The molecule has 0 aliphatic carbocycles. The Bertz CT molecular complexity index is 424. The van der Waals surface area contributed by atoms with Gasteiger partial charge in [-0.1, -0.05) is 17.7 Å². The number of aryl methyl sites for hydroxylation is 1. The molecule has 3 nitrogen and oxygen atoms in total. The highest BCUT2D eigenvalue weighted by molar-refractivity contribution is 6.33. The van der Waals surface area contributed by atoms with E-state index in [9.17, 15) is 4.79 Å². The number of hydrogen-bond donors (Lipinski definition) is 1. The molecular formula is C12H13ClN2O. The first-order chi connectivity index (χ1) is 7.65. The monoisotopic (exact) mass is 236 g/mol. The first-order valence-corrected chi connectivity index (χ1v) is 5.44. The van der Waals surface area contributed by atoms with E-state index in [1.165, 1.54) is 0 Å².